The first-order valence-electron chi connectivity index (χ1n) is 6.50. The number of hydrogen-bond acceptors (Lipinski definition) is 4. The van der Waals surface area contributed by atoms with Crippen LogP contribution >= 0.6 is 0 Å². The van der Waals surface area contributed by atoms with Crippen molar-refractivity contribution in [1.29, 1.82) is 0 Å². The third-order valence-electron chi connectivity index (χ3n) is 3.20. The summed E-state index contributed by atoms with van der Waals surface area (Å²) in [6, 6.07) is 9.69. The molecule has 0 aliphatic carbocycles. The third kappa shape index (κ3) is 3.08. The molecule has 0 aromatic heterocycles. The number of carbonyl (C=O) groups excluding carboxylic acids is 1. The highest BCUT2D eigenvalue weighted by atomic mass is 16.3. The quantitative estimate of drug-likeness (QED) is 0.811. The molecule has 0 heterocycles. The number of phenols is 2. The number of hydrogen-bond donors (Lipinski definition) is 3. The number of nitrogens with zero attached hydrogens (tertiary/aromatic N) is 1. The van der Waals surface area contributed by atoms with Gasteiger partial charge in [-0.15, -0.1) is 0 Å². The minimum atomic E-state index is -0.556. The predicted molar refractivity (Wildman–Crippen MR) is 83.2 cm³/mol. The van der Waals surface area contributed by atoms with Crippen molar-refractivity contribution < 1.29 is 15.0 Å². The Hall–Kier alpha value is -2.69. The van der Waals surface area contributed by atoms with Gasteiger partial charge in [0.15, 0.2) is 0 Å². The first-order valence-corrected chi connectivity index (χ1v) is 6.50. The summed E-state index contributed by atoms with van der Waals surface area (Å²) in [6.45, 7) is 1.98. The van der Waals surface area contributed by atoms with Crippen LogP contribution in [0.1, 0.15) is 15.9 Å². The van der Waals surface area contributed by atoms with Crippen molar-refractivity contribution >= 4 is 17.3 Å². The number of benzene rings is 2. The Balaban J connectivity index is 2.30. The van der Waals surface area contributed by atoms with Crippen molar-refractivity contribution in [2.75, 3.05) is 24.3 Å². The molecule has 0 aliphatic heterocycles. The first-order chi connectivity index (χ1) is 9.90. The van der Waals surface area contributed by atoms with E-state index in [4.69, 9.17) is 0 Å². The molecule has 5 heteroatoms. The molecule has 0 aliphatic rings. The molecule has 0 unspecified atom stereocenters. The maximum Gasteiger partial charge on any atom is 0.263 e. The second-order valence-corrected chi connectivity index (χ2v) is 5.02. The van der Waals surface area contributed by atoms with Gasteiger partial charge in [-0.05, 0) is 36.8 Å². The zero-order valence-electron chi connectivity index (χ0n) is 12.2. The Bertz CT molecular complexity index is 661. The van der Waals surface area contributed by atoms with Crippen LogP contribution in [0.3, 0.4) is 0 Å². The van der Waals surface area contributed by atoms with Crippen LogP contribution in [0.5, 0.6) is 11.5 Å². The molecule has 0 bridgehead atoms. The number of phenolic OH excluding ortho intramolecular Hbond substituents is 2. The van der Waals surface area contributed by atoms with Gasteiger partial charge >= 0.3 is 0 Å². The van der Waals surface area contributed by atoms with Crippen molar-refractivity contribution in [1.82, 2.24) is 0 Å². The predicted octanol–water partition coefficient (Wildman–Crippen LogP) is 2.72. The summed E-state index contributed by atoms with van der Waals surface area (Å²) in [7, 11) is 3.84. The maximum absolute atomic E-state index is 12.2. The number of amides is 1. The van der Waals surface area contributed by atoms with Crippen LogP contribution in [0.4, 0.5) is 11.4 Å². The average molecular weight is 286 g/mol. The topological polar surface area (TPSA) is 72.8 Å². The lowest BCUT2D eigenvalue weighted by Gasteiger charge is -2.17. The van der Waals surface area contributed by atoms with Crippen molar-refractivity contribution in [3.8, 4) is 11.5 Å². The van der Waals surface area contributed by atoms with Crippen molar-refractivity contribution in [2.45, 2.75) is 6.92 Å². The molecule has 21 heavy (non-hydrogen) atoms. The monoisotopic (exact) mass is 286 g/mol. The van der Waals surface area contributed by atoms with Gasteiger partial charge in [0.05, 0.1) is 0 Å². The van der Waals surface area contributed by atoms with E-state index in [-0.39, 0.29) is 17.1 Å². The molecule has 2 rings (SSSR count). The van der Waals surface area contributed by atoms with E-state index >= 15 is 0 Å². The van der Waals surface area contributed by atoms with E-state index < -0.39 is 5.91 Å². The van der Waals surface area contributed by atoms with Gasteiger partial charge in [-0.3, -0.25) is 4.79 Å². The van der Waals surface area contributed by atoms with Crippen LogP contribution in [0.25, 0.3) is 0 Å². The Morgan fingerprint density at radius 3 is 2.29 bits per heavy atom. The van der Waals surface area contributed by atoms with E-state index in [0.29, 0.717) is 5.69 Å². The average Bonchev–Trinajstić information content (AvgIpc) is 2.40. The summed E-state index contributed by atoms with van der Waals surface area (Å²) in [5.41, 5.74) is 2.53. The highest BCUT2D eigenvalue weighted by molar-refractivity contribution is 6.08. The fourth-order valence-corrected chi connectivity index (χ4v) is 2.12. The summed E-state index contributed by atoms with van der Waals surface area (Å²) >= 11 is 0. The van der Waals surface area contributed by atoms with E-state index in [1.807, 2.05) is 38.1 Å². The molecule has 0 spiro atoms. The molecule has 2 aromatic rings. The zero-order valence-corrected chi connectivity index (χ0v) is 12.2. The number of aromatic hydroxyl groups is 2. The number of anilines is 2. The van der Waals surface area contributed by atoms with Crippen molar-refractivity contribution in [3.05, 3.63) is 47.5 Å². The van der Waals surface area contributed by atoms with Gasteiger partial charge in [0.2, 0.25) is 0 Å². The number of aryl methyl sites for hydroxylation is 1. The Kier molecular flexibility index (Phi) is 4.03. The number of nitrogens with one attached hydrogen (secondary N) is 1. The van der Waals surface area contributed by atoms with Crippen molar-refractivity contribution in [3.63, 3.8) is 0 Å². The summed E-state index contributed by atoms with van der Waals surface area (Å²) in [5.74, 6) is -1.07. The molecule has 0 radical (unpaired) electrons. The molecular formula is C16H18N2O3. The molecule has 3 N–H and O–H groups in total. The normalized spacial score (nSPS) is 10.2. The standard InChI is InChI=1S/C16H18N2O3/c1-10-7-8-11(9-12(10)18(2)3)17-16(21)15-13(19)5-4-6-14(15)20/h4-9,19-20H,1-3H3,(H,17,21). The third-order valence-corrected chi connectivity index (χ3v) is 3.20. The van der Waals surface area contributed by atoms with Crippen LogP contribution in [0.15, 0.2) is 36.4 Å². The lowest BCUT2D eigenvalue weighted by Crippen LogP contribution is -2.14. The van der Waals surface area contributed by atoms with Gasteiger partial charge in [0.25, 0.3) is 5.91 Å². The van der Waals surface area contributed by atoms with Crippen LogP contribution in [-0.4, -0.2) is 30.2 Å². The zero-order chi connectivity index (χ0) is 15.6. The number of carbonyl (C=O) groups is 1. The molecular weight excluding hydrogens is 268 g/mol. The second-order valence-electron chi connectivity index (χ2n) is 5.02. The van der Waals surface area contributed by atoms with E-state index in [9.17, 15) is 15.0 Å². The second kappa shape index (κ2) is 5.75. The summed E-state index contributed by atoms with van der Waals surface area (Å²) in [5, 5.41) is 22.1. The summed E-state index contributed by atoms with van der Waals surface area (Å²) in [4.78, 5) is 14.1. The molecule has 5 nitrogen and oxygen atoms in total. The van der Waals surface area contributed by atoms with Gasteiger partial charge in [0, 0.05) is 25.5 Å². The lowest BCUT2D eigenvalue weighted by atomic mass is 10.1. The van der Waals surface area contributed by atoms with E-state index in [2.05, 4.69) is 5.32 Å². The van der Waals surface area contributed by atoms with Crippen LogP contribution in [0, 0.1) is 6.92 Å². The Morgan fingerprint density at radius 2 is 1.71 bits per heavy atom. The summed E-state index contributed by atoms with van der Waals surface area (Å²) < 4.78 is 0. The highest BCUT2D eigenvalue weighted by Gasteiger charge is 2.16. The minimum absolute atomic E-state index is 0.135. The van der Waals surface area contributed by atoms with Gasteiger partial charge in [-0.2, -0.15) is 0 Å². The minimum Gasteiger partial charge on any atom is -0.507 e. The molecule has 1 amide bonds. The van der Waals surface area contributed by atoms with Gasteiger partial charge in [-0.25, -0.2) is 0 Å². The first kappa shape index (κ1) is 14.7. The maximum atomic E-state index is 12.2. The summed E-state index contributed by atoms with van der Waals surface area (Å²) in [6.07, 6.45) is 0. The van der Waals surface area contributed by atoms with E-state index in [1.165, 1.54) is 18.2 Å². The Morgan fingerprint density at radius 1 is 1.10 bits per heavy atom. The Labute approximate surface area is 123 Å². The molecule has 0 saturated heterocycles. The van der Waals surface area contributed by atoms with E-state index in [0.717, 1.165) is 11.3 Å². The lowest BCUT2D eigenvalue weighted by molar-refractivity contribution is 0.102. The van der Waals surface area contributed by atoms with E-state index in [1.54, 1.807) is 6.07 Å². The van der Waals surface area contributed by atoms with Gasteiger partial charge in [0.1, 0.15) is 17.1 Å². The van der Waals surface area contributed by atoms with Gasteiger partial charge in [-0.1, -0.05) is 12.1 Å². The highest BCUT2D eigenvalue weighted by Crippen LogP contribution is 2.28. The molecule has 2 aromatic carbocycles. The molecule has 0 atom stereocenters. The fraction of sp³-hybridized carbons (Fsp3) is 0.188. The van der Waals surface area contributed by atoms with Crippen LogP contribution < -0.4 is 10.2 Å². The van der Waals surface area contributed by atoms with Gasteiger partial charge < -0.3 is 20.4 Å². The number of rotatable bonds is 3. The van der Waals surface area contributed by atoms with Crippen LogP contribution in [0.2, 0.25) is 0 Å². The molecule has 110 valence electrons. The SMILES string of the molecule is Cc1ccc(NC(=O)c2c(O)cccc2O)cc1N(C)C. The fourth-order valence-electron chi connectivity index (χ4n) is 2.12. The smallest absolute Gasteiger partial charge is 0.263 e. The van der Waals surface area contributed by atoms with Crippen molar-refractivity contribution in [2.24, 2.45) is 0 Å². The molecule has 0 saturated carbocycles. The largest absolute Gasteiger partial charge is 0.507 e. The molecule has 0 fully saturated rings. The van der Waals surface area contributed by atoms with Crippen LogP contribution in [-0.2, 0) is 0 Å².